The zero-order valence-corrected chi connectivity index (χ0v) is 10.8. The molecule has 17 heavy (non-hydrogen) atoms. The zero-order valence-electron chi connectivity index (χ0n) is 9.19. The monoisotopic (exact) mass is 299 g/mol. The lowest BCUT2D eigenvalue weighted by Crippen LogP contribution is -2.12. The highest BCUT2D eigenvalue weighted by atomic mass is 79.9. The van der Waals surface area contributed by atoms with Gasteiger partial charge in [-0.15, -0.1) is 6.58 Å². The Kier molecular flexibility index (Phi) is 4.72. The molecule has 0 aliphatic rings. The molecule has 1 rings (SSSR count). The van der Waals surface area contributed by atoms with Crippen molar-refractivity contribution in [3.63, 3.8) is 0 Å². The molecule has 0 heterocycles. The number of carboxylic acids is 1. The molecule has 0 aliphatic heterocycles. The lowest BCUT2D eigenvalue weighted by Gasteiger charge is -2.14. The summed E-state index contributed by atoms with van der Waals surface area (Å²) in [4.78, 5) is 10.9. The number of phenols is 1. The molecule has 1 aromatic carbocycles. The van der Waals surface area contributed by atoms with E-state index in [-0.39, 0.29) is 11.3 Å². The Balaban J connectivity index is 3.14. The fourth-order valence-electron chi connectivity index (χ4n) is 1.52. The minimum atomic E-state index is -1.18. The quantitative estimate of drug-likeness (QED) is 0.730. The molecule has 0 aromatic heterocycles. The maximum Gasteiger partial charge on any atom is 0.339 e. The molecule has 0 saturated carbocycles. The number of aromatic hydroxyl groups is 1. The maximum absolute atomic E-state index is 10.9. The van der Waals surface area contributed by atoms with Crippen molar-refractivity contribution in [2.24, 2.45) is 5.73 Å². The van der Waals surface area contributed by atoms with Crippen molar-refractivity contribution in [3.05, 3.63) is 40.4 Å². The lowest BCUT2D eigenvalue weighted by molar-refractivity contribution is 0.0693. The van der Waals surface area contributed by atoms with E-state index in [2.05, 4.69) is 22.5 Å². The Morgan fingerprint density at radius 2 is 2.24 bits per heavy atom. The number of allylic oxidation sites excluding steroid dienone is 1. The largest absolute Gasteiger partial charge is 0.507 e. The van der Waals surface area contributed by atoms with Gasteiger partial charge in [0.05, 0.1) is 0 Å². The smallest absolute Gasteiger partial charge is 0.339 e. The summed E-state index contributed by atoms with van der Waals surface area (Å²) in [6.07, 6.45) is 3.04. The van der Waals surface area contributed by atoms with E-state index in [0.29, 0.717) is 22.9 Å². The first-order valence-corrected chi connectivity index (χ1v) is 5.88. The number of benzene rings is 1. The van der Waals surface area contributed by atoms with Crippen LogP contribution in [0, 0.1) is 0 Å². The molecule has 0 aliphatic carbocycles. The van der Waals surface area contributed by atoms with Crippen LogP contribution in [0.2, 0.25) is 0 Å². The van der Waals surface area contributed by atoms with Crippen LogP contribution < -0.4 is 5.73 Å². The number of aromatic carboxylic acids is 1. The van der Waals surface area contributed by atoms with Gasteiger partial charge in [0, 0.05) is 16.1 Å². The predicted octanol–water partition coefficient (Wildman–Crippen LogP) is 2.82. The van der Waals surface area contributed by atoms with Crippen LogP contribution in [-0.4, -0.2) is 16.2 Å². The Morgan fingerprint density at radius 1 is 1.59 bits per heavy atom. The highest BCUT2D eigenvalue weighted by Gasteiger charge is 2.18. The third kappa shape index (κ3) is 3.31. The normalized spacial score (nSPS) is 12.1. The van der Waals surface area contributed by atoms with Crippen LogP contribution in [0.5, 0.6) is 5.75 Å². The molecule has 0 spiro atoms. The second-order valence-corrected chi connectivity index (χ2v) is 4.58. The highest BCUT2D eigenvalue weighted by Crippen LogP contribution is 2.32. The molecular formula is C12H14BrNO3. The molecule has 0 saturated heterocycles. The minimum Gasteiger partial charge on any atom is -0.507 e. The van der Waals surface area contributed by atoms with E-state index in [1.54, 1.807) is 12.1 Å². The topological polar surface area (TPSA) is 83.6 Å². The molecule has 4 N–H and O–H groups in total. The number of halogens is 1. The summed E-state index contributed by atoms with van der Waals surface area (Å²) in [5.74, 6) is -1.45. The van der Waals surface area contributed by atoms with E-state index in [4.69, 9.17) is 10.8 Å². The van der Waals surface area contributed by atoms with Gasteiger partial charge in [-0.3, -0.25) is 0 Å². The summed E-state index contributed by atoms with van der Waals surface area (Å²) in [5.41, 5.74) is 6.18. The van der Waals surface area contributed by atoms with Crippen LogP contribution in [0.4, 0.5) is 0 Å². The maximum atomic E-state index is 10.9. The van der Waals surface area contributed by atoms with E-state index in [9.17, 15) is 9.90 Å². The van der Waals surface area contributed by atoms with Gasteiger partial charge in [0.1, 0.15) is 11.3 Å². The van der Waals surface area contributed by atoms with Gasteiger partial charge in [0.25, 0.3) is 0 Å². The minimum absolute atomic E-state index is 0.150. The predicted molar refractivity (Wildman–Crippen MR) is 69.1 cm³/mol. The summed E-state index contributed by atoms with van der Waals surface area (Å²) < 4.78 is 0.580. The Labute approximate surface area is 108 Å². The van der Waals surface area contributed by atoms with Crippen molar-refractivity contribution in [1.29, 1.82) is 0 Å². The third-order valence-electron chi connectivity index (χ3n) is 2.42. The van der Waals surface area contributed by atoms with Gasteiger partial charge >= 0.3 is 5.97 Å². The van der Waals surface area contributed by atoms with Crippen LogP contribution in [0.15, 0.2) is 29.3 Å². The van der Waals surface area contributed by atoms with Crippen molar-refractivity contribution >= 4 is 21.9 Å². The van der Waals surface area contributed by atoms with Gasteiger partial charge in [0.15, 0.2) is 0 Å². The fraction of sp³-hybridized carbons (Fsp3) is 0.250. The summed E-state index contributed by atoms with van der Waals surface area (Å²) >= 11 is 3.20. The Morgan fingerprint density at radius 3 is 2.76 bits per heavy atom. The van der Waals surface area contributed by atoms with Crippen LogP contribution in [-0.2, 0) is 0 Å². The average Bonchev–Trinajstić information content (AvgIpc) is 2.28. The Hall–Kier alpha value is -1.33. The summed E-state index contributed by atoms with van der Waals surface area (Å²) in [6.45, 7) is 3.59. The van der Waals surface area contributed by atoms with Crippen molar-refractivity contribution in [3.8, 4) is 5.75 Å². The Bertz CT molecular complexity index is 446. The second-order valence-electron chi connectivity index (χ2n) is 3.67. The standard InChI is InChI=1S/C12H14BrNO3/c1-2-3-4-10(14)8-5-7(13)6-9(11(8)15)12(16)17/h2,5-6,10,15H,1,3-4,14H2,(H,16,17)/t10-/m0/s1. The molecule has 1 atom stereocenters. The molecular weight excluding hydrogens is 286 g/mol. The van der Waals surface area contributed by atoms with Gasteiger partial charge < -0.3 is 15.9 Å². The van der Waals surface area contributed by atoms with Gasteiger partial charge in [-0.05, 0) is 25.0 Å². The third-order valence-corrected chi connectivity index (χ3v) is 2.87. The van der Waals surface area contributed by atoms with Crippen LogP contribution in [0.3, 0.4) is 0 Å². The first-order chi connectivity index (χ1) is 7.97. The number of nitrogens with two attached hydrogens (primary N) is 1. The summed E-state index contributed by atoms with van der Waals surface area (Å²) in [6, 6.07) is 2.57. The van der Waals surface area contributed by atoms with Crippen LogP contribution in [0.25, 0.3) is 0 Å². The van der Waals surface area contributed by atoms with Crippen molar-refractivity contribution in [2.75, 3.05) is 0 Å². The summed E-state index contributed by atoms with van der Waals surface area (Å²) in [7, 11) is 0. The molecule has 0 unspecified atom stereocenters. The molecule has 0 bridgehead atoms. The van der Waals surface area contributed by atoms with Crippen LogP contribution in [0.1, 0.15) is 34.8 Å². The fourth-order valence-corrected chi connectivity index (χ4v) is 1.99. The molecule has 1 aromatic rings. The first-order valence-electron chi connectivity index (χ1n) is 5.09. The van der Waals surface area contributed by atoms with E-state index in [0.717, 1.165) is 0 Å². The molecule has 0 fully saturated rings. The first kappa shape index (κ1) is 13.7. The molecule has 4 nitrogen and oxygen atoms in total. The van der Waals surface area contributed by atoms with E-state index < -0.39 is 12.0 Å². The van der Waals surface area contributed by atoms with Crippen molar-refractivity contribution in [2.45, 2.75) is 18.9 Å². The van der Waals surface area contributed by atoms with Gasteiger partial charge in [-0.25, -0.2) is 4.79 Å². The molecule has 0 radical (unpaired) electrons. The van der Waals surface area contributed by atoms with Crippen molar-refractivity contribution in [1.82, 2.24) is 0 Å². The SMILES string of the molecule is C=CCC[C@H](N)c1cc(Br)cc(C(=O)O)c1O. The van der Waals surface area contributed by atoms with Gasteiger partial charge in [-0.1, -0.05) is 22.0 Å². The number of carbonyl (C=O) groups is 1. The van der Waals surface area contributed by atoms with E-state index in [1.165, 1.54) is 6.07 Å². The number of hydrogen-bond acceptors (Lipinski definition) is 3. The van der Waals surface area contributed by atoms with Gasteiger partial charge in [-0.2, -0.15) is 0 Å². The number of hydrogen-bond donors (Lipinski definition) is 3. The average molecular weight is 300 g/mol. The van der Waals surface area contributed by atoms with E-state index >= 15 is 0 Å². The second kappa shape index (κ2) is 5.84. The molecule has 92 valence electrons. The van der Waals surface area contributed by atoms with Crippen LogP contribution >= 0.6 is 15.9 Å². The number of rotatable bonds is 5. The molecule has 5 heteroatoms. The number of carboxylic acid groups (broad SMARTS) is 1. The van der Waals surface area contributed by atoms with Gasteiger partial charge in [0.2, 0.25) is 0 Å². The zero-order chi connectivity index (χ0) is 13.0. The van der Waals surface area contributed by atoms with E-state index in [1.807, 2.05) is 0 Å². The lowest BCUT2D eigenvalue weighted by atomic mass is 9.99. The molecule has 0 amide bonds. The summed E-state index contributed by atoms with van der Waals surface area (Å²) in [5, 5.41) is 18.8. The van der Waals surface area contributed by atoms with Crippen molar-refractivity contribution < 1.29 is 15.0 Å². The highest BCUT2D eigenvalue weighted by molar-refractivity contribution is 9.10.